The molecule has 0 aliphatic carbocycles. The molecule has 5 nitrogen and oxygen atoms in total. The van der Waals surface area contributed by atoms with Gasteiger partial charge in [0.1, 0.15) is 6.04 Å². The third-order valence-corrected chi connectivity index (χ3v) is 4.57. The summed E-state index contributed by atoms with van der Waals surface area (Å²) >= 11 is 0. The van der Waals surface area contributed by atoms with Crippen molar-refractivity contribution >= 4 is 5.91 Å². The number of nitrogens with zero attached hydrogens (tertiary/aromatic N) is 1. The standard InChI is InChI=1S/C20H24N2O3/c1-22-11-12-25-14-18(22)20(24)21-13-19(23)17-9-7-16(8-10-17)15-5-3-2-4-6-15/h2-10,18-19,23H,11-14H2,1H3,(H,21,24). The van der Waals surface area contributed by atoms with E-state index >= 15 is 0 Å². The van der Waals surface area contributed by atoms with Crippen LogP contribution in [-0.4, -0.2) is 55.3 Å². The first-order chi connectivity index (χ1) is 12.1. The molecule has 0 aromatic heterocycles. The molecule has 2 atom stereocenters. The molecular formula is C20H24N2O3. The molecule has 0 bridgehead atoms. The predicted octanol–water partition coefficient (Wildman–Crippen LogP) is 1.83. The van der Waals surface area contributed by atoms with E-state index in [-0.39, 0.29) is 18.5 Å². The summed E-state index contributed by atoms with van der Waals surface area (Å²) in [5.41, 5.74) is 3.02. The zero-order valence-electron chi connectivity index (χ0n) is 14.4. The average molecular weight is 340 g/mol. The molecule has 25 heavy (non-hydrogen) atoms. The first-order valence-electron chi connectivity index (χ1n) is 8.54. The maximum atomic E-state index is 12.2. The molecule has 5 heteroatoms. The Morgan fingerprint density at radius 3 is 2.56 bits per heavy atom. The van der Waals surface area contributed by atoms with Crippen LogP contribution in [0.2, 0.25) is 0 Å². The fourth-order valence-corrected chi connectivity index (χ4v) is 2.92. The Labute approximate surface area is 148 Å². The summed E-state index contributed by atoms with van der Waals surface area (Å²) in [6, 6.07) is 17.6. The van der Waals surface area contributed by atoms with Crippen molar-refractivity contribution in [3.63, 3.8) is 0 Å². The molecule has 2 N–H and O–H groups in total. The number of aliphatic hydroxyl groups is 1. The van der Waals surface area contributed by atoms with Crippen LogP contribution in [0.5, 0.6) is 0 Å². The number of aliphatic hydroxyl groups excluding tert-OH is 1. The van der Waals surface area contributed by atoms with Crippen molar-refractivity contribution in [2.24, 2.45) is 0 Å². The highest BCUT2D eigenvalue weighted by Gasteiger charge is 2.26. The maximum Gasteiger partial charge on any atom is 0.239 e. The molecule has 1 aliphatic rings. The van der Waals surface area contributed by atoms with E-state index in [0.717, 1.165) is 23.2 Å². The lowest BCUT2D eigenvalue weighted by Gasteiger charge is -2.31. The Bertz CT molecular complexity index is 688. The molecule has 3 rings (SSSR count). The van der Waals surface area contributed by atoms with Gasteiger partial charge in [-0.1, -0.05) is 54.6 Å². The van der Waals surface area contributed by atoms with Crippen LogP contribution in [0.4, 0.5) is 0 Å². The smallest absolute Gasteiger partial charge is 0.239 e. The highest BCUT2D eigenvalue weighted by atomic mass is 16.5. The number of likely N-dealkylation sites (N-methyl/N-ethyl adjacent to an activating group) is 1. The monoisotopic (exact) mass is 340 g/mol. The van der Waals surface area contributed by atoms with E-state index in [0.29, 0.717) is 13.2 Å². The number of amides is 1. The topological polar surface area (TPSA) is 61.8 Å². The van der Waals surface area contributed by atoms with Gasteiger partial charge in [0, 0.05) is 13.1 Å². The van der Waals surface area contributed by atoms with E-state index in [1.165, 1.54) is 0 Å². The molecule has 1 aliphatic heterocycles. The Balaban J connectivity index is 1.56. The number of hydrogen-bond donors (Lipinski definition) is 2. The van der Waals surface area contributed by atoms with Crippen LogP contribution in [-0.2, 0) is 9.53 Å². The number of carbonyl (C=O) groups excluding carboxylic acids is 1. The summed E-state index contributed by atoms with van der Waals surface area (Å²) in [6.45, 7) is 1.97. The molecule has 1 fully saturated rings. The van der Waals surface area contributed by atoms with Crippen LogP contribution in [0.1, 0.15) is 11.7 Å². The lowest BCUT2D eigenvalue weighted by molar-refractivity contribution is -0.131. The van der Waals surface area contributed by atoms with Gasteiger partial charge in [-0.3, -0.25) is 9.69 Å². The fraction of sp³-hybridized carbons (Fsp3) is 0.350. The van der Waals surface area contributed by atoms with E-state index in [2.05, 4.69) is 17.4 Å². The second-order valence-corrected chi connectivity index (χ2v) is 6.32. The molecule has 0 saturated carbocycles. The van der Waals surface area contributed by atoms with E-state index in [4.69, 9.17) is 4.74 Å². The van der Waals surface area contributed by atoms with Crippen LogP contribution >= 0.6 is 0 Å². The van der Waals surface area contributed by atoms with E-state index in [1.807, 2.05) is 54.4 Å². The second-order valence-electron chi connectivity index (χ2n) is 6.32. The van der Waals surface area contributed by atoms with Gasteiger partial charge in [-0.15, -0.1) is 0 Å². The van der Waals surface area contributed by atoms with E-state index in [9.17, 15) is 9.90 Å². The Morgan fingerprint density at radius 2 is 1.88 bits per heavy atom. The predicted molar refractivity (Wildman–Crippen MR) is 97.1 cm³/mol. The number of hydrogen-bond acceptors (Lipinski definition) is 4. The molecule has 0 spiro atoms. The molecule has 1 heterocycles. The first-order valence-corrected chi connectivity index (χ1v) is 8.54. The quantitative estimate of drug-likeness (QED) is 0.872. The third kappa shape index (κ3) is 4.45. The molecule has 132 valence electrons. The summed E-state index contributed by atoms with van der Waals surface area (Å²) in [5.74, 6) is -0.109. The second kappa shape index (κ2) is 8.25. The number of carbonyl (C=O) groups is 1. The minimum atomic E-state index is -0.733. The number of benzene rings is 2. The number of nitrogens with one attached hydrogen (secondary N) is 1. The van der Waals surface area contributed by atoms with Crippen molar-refractivity contribution in [3.05, 3.63) is 60.2 Å². The Morgan fingerprint density at radius 1 is 1.20 bits per heavy atom. The van der Waals surface area contributed by atoms with Crippen molar-refractivity contribution < 1.29 is 14.6 Å². The SMILES string of the molecule is CN1CCOCC1C(=O)NCC(O)c1ccc(-c2ccccc2)cc1. The molecular weight excluding hydrogens is 316 g/mol. The summed E-state index contributed by atoms with van der Waals surface area (Å²) in [7, 11) is 1.91. The van der Waals surface area contributed by atoms with E-state index < -0.39 is 6.10 Å². The first kappa shape index (κ1) is 17.6. The highest BCUT2D eigenvalue weighted by molar-refractivity contribution is 5.82. The summed E-state index contributed by atoms with van der Waals surface area (Å²) < 4.78 is 5.36. The van der Waals surface area contributed by atoms with Gasteiger partial charge in [0.05, 0.1) is 19.3 Å². The van der Waals surface area contributed by atoms with Gasteiger partial charge >= 0.3 is 0 Å². The normalized spacial score (nSPS) is 19.4. The van der Waals surface area contributed by atoms with Crippen molar-refractivity contribution in [1.29, 1.82) is 0 Å². The van der Waals surface area contributed by atoms with Gasteiger partial charge in [-0.05, 0) is 23.7 Å². The summed E-state index contributed by atoms with van der Waals surface area (Å²) in [5, 5.41) is 13.2. The Hall–Kier alpha value is -2.21. The van der Waals surface area contributed by atoms with Crippen molar-refractivity contribution in [3.8, 4) is 11.1 Å². The van der Waals surface area contributed by atoms with Gasteiger partial charge in [0.2, 0.25) is 5.91 Å². The number of ether oxygens (including phenoxy) is 1. The van der Waals surface area contributed by atoms with Crippen molar-refractivity contribution in [2.45, 2.75) is 12.1 Å². The molecule has 1 amide bonds. The van der Waals surface area contributed by atoms with Gasteiger partial charge in [0.25, 0.3) is 0 Å². The lowest BCUT2D eigenvalue weighted by Crippen LogP contribution is -2.52. The lowest BCUT2D eigenvalue weighted by atomic mass is 10.0. The van der Waals surface area contributed by atoms with Crippen LogP contribution in [0.15, 0.2) is 54.6 Å². The molecule has 0 radical (unpaired) electrons. The van der Waals surface area contributed by atoms with Crippen LogP contribution in [0, 0.1) is 0 Å². The highest BCUT2D eigenvalue weighted by Crippen LogP contribution is 2.21. The summed E-state index contributed by atoms with van der Waals surface area (Å²) in [6.07, 6.45) is -0.733. The van der Waals surface area contributed by atoms with Gasteiger partial charge in [-0.25, -0.2) is 0 Å². The number of morpholine rings is 1. The van der Waals surface area contributed by atoms with Crippen LogP contribution in [0.25, 0.3) is 11.1 Å². The van der Waals surface area contributed by atoms with Gasteiger partial charge in [0.15, 0.2) is 0 Å². The van der Waals surface area contributed by atoms with Crippen LogP contribution < -0.4 is 5.32 Å². The number of rotatable bonds is 5. The van der Waals surface area contributed by atoms with Crippen LogP contribution in [0.3, 0.4) is 0 Å². The van der Waals surface area contributed by atoms with Crippen molar-refractivity contribution in [2.75, 3.05) is 33.4 Å². The zero-order chi connectivity index (χ0) is 17.6. The fourth-order valence-electron chi connectivity index (χ4n) is 2.92. The minimum absolute atomic E-state index is 0.109. The largest absolute Gasteiger partial charge is 0.387 e. The molecule has 1 saturated heterocycles. The Kier molecular flexibility index (Phi) is 5.81. The van der Waals surface area contributed by atoms with Gasteiger partial charge < -0.3 is 15.2 Å². The zero-order valence-corrected chi connectivity index (χ0v) is 14.4. The van der Waals surface area contributed by atoms with E-state index in [1.54, 1.807) is 0 Å². The third-order valence-electron chi connectivity index (χ3n) is 4.57. The van der Waals surface area contributed by atoms with Gasteiger partial charge in [-0.2, -0.15) is 0 Å². The molecule has 2 aromatic rings. The minimum Gasteiger partial charge on any atom is -0.387 e. The molecule has 2 aromatic carbocycles. The summed E-state index contributed by atoms with van der Waals surface area (Å²) in [4.78, 5) is 14.2. The average Bonchev–Trinajstić information content (AvgIpc) is 2.67. The van der Waals surface area contributed by atoms with Crippen molar-refractivity contribution in [1.82, 2.24) is 10.2 Å². The maximum absolute atomic E-state index is 12.2. The molecule has 2 unspecified atom stereocenters.